The van der Waals surface area contributed by atoms with Gasteiger partial charge < -0.3 is 15.5 Å². The van der Waals surface area contributed by atoms with Gasteiger partial charge in [-0.1, -0.05) is 0 Å². The fraction of sp³-hybridized carbons (Fsp3) is 0.600. The first-order chi connectivity index (χ1) is 6.87. The number of amides is 1. The molecule has 1 amide bonds. The van der Waals surface area contributed by atoms with Gasteiger partial charge in [0.1, 0.15) is 5.76 Å². The first-order valence-corrected chi connectivity index (χ1v) is 4.84. The minimum atomic E-state index is -0.489. The Morgan fingerprint density at radius 2 is 2.33 bits per heavy atom. The topological polar surface area (TPSA) is 81.2 Å². The highest BCUT2D eigenvalue weighted by atomic mass is 16.4. The van der Waals surface area contributed by atoms with Crippen molar-refractivity contribution in [3.05, 3.63) is 17.8 Å². The van der Waals surface area contributed by atoms with E-state index in [0.717, 1.165) is 5.76 Å². The fourth-order valence-electron chi connectivity index (χ4n) is 1.13. The molecule has 0 aliphatic carbocycles. The number of hydrogen-bond acceptors (Lipinski definition) is 4. The second kappa shape index (κ2) is 4.44. The molecule has 0 atom stereocenters. The Hall–Kier alpha value is -1.36. The van der Waals surface area contributed by atoms with E-state index in [4.69, 9.17) is 10.2 Å². The van der Waals surface area contributed by atoms with Crippen molar-refractivity contribution >= 4 is 5.91 Å². The highest BCUT2D eigenvalue weighted by Gasteiger charge is 2.16. The minimum absolute atomic E-state index is 0.0987. The fourth-order valence-corrected chi connectivity index (χ4v) is 1.13. The van der Waals surface area contributed by atoms with Crippen LogP contribution in [0, 0.1) is 6.92 Å². The van der Waals surface area contributed by atoms with E-state index in [0.29, 0.717) is 12.4 Å². The molecule has 84 valence electrons. The Bertz CT molecular complexity index is 339. The number of nitrogens with two attached hydrogens (primary N) is 1. The maximum Gasteiger partial charge on any atom is 0.222 e. The van der Waals surface area contributed by atoms with Gasteiger partial charge in [-0.05, 0) is 20.8 Å². The number of nitrogens with one attached hydrogen (secondary N) is 1. The van der Waals surface area contributed by atoms with Crippen LogP contribution < -0.4 is 11.1 Å². The molecule has 0 radical (unpaired) electrons. The van der Waals surface area contributed by atoms with Crippen LogP contribution >= 0.6 is 0 Å². The van der Waals surface area contributed by atoms with Crippen LogP contribution in [0.15, 0.2) is 10.6 Å². The van der Waals surface area contributed by atoms with Gasteiger partial charge in [0, 0.05) is 12.0 Å². The Morgan fingerprint density at radius 3 is 2.80 bits per heavy atom. The Kier molecular flexibility index (Phi) is 3.47. The zero-order valence-corrected chi connectivity index (χ0v) is 9.33. The van der Waals surface area contributed by atoms with Crippen molar-refractivity contribution in [2.45, 2.75) is 39.3 Å². The summed E-state index contributed by atoms with van der Waals surface area (Å²) in [7, 11) is 0. The lowest BCUT2D eigenvalue weighted by molar-refractivity contribution is -0.122. The van der Waals surface area contributed by atoms with Crippen LogP contribution in [-0.4, -0.2) is 16.4 Å². The van der Waals surface area contributed by atoms with E-state index in [1.54, 1.807) is 13.1 Å². The summed E-state index contributed by atoms with van der Waals surface area (Å²) in [5.41, 5.74) is 5.22. The van der Waals surface area contributed by atoms with Crippen LogP contribution in [0.3, 0.4) is 0 Å². The highest BCUT2D eigenvalue weighted by molar-refractivity contribution is 5.76. The van der Waals surface area contributed by atoms with Gasteiger partial charge >= 0.3 is 0 Å². The Balaban J connectivity index is 2.35. The molecule has 5 heteroatoms. The van der Waals surface area contributed by atoms with Gasteiger partial charge in [0.25, 0.3) is 0 Å². The number of hydrogen-bond donors (Lipinski definition) is 2. The predicted molar refractivity (Wildman–Crippen MR) is 56.0 cm³/mol. The Morgan fingerprint density at radius 1 is 1.67 bits per heavy atom. The lowest BCUT2D eigenvalue weighted by atomic mass is 10.0. The first-order valence-electron chi connectivity index (χ1n) is 4.84. The molecular weight excluding hydrogens is 194 g/mol. The summed E-state index contributed by atoms with van der Waals surface area (Å²) in [6, 6.07) is 0. The minimum Gasteiger partial charge on any atom is -0.444 e. The van der Waals surface area contributed by atoms with E-state index in [-0.39, 0.29) is 12.3 Å². The van der Waals surface area contributed by atoms with E-state index in [2.05, 4.69) is 10.3 Å². The van der Waals surface area contributed by atoms with Crippen LogP contribution in [0.25, 0.3) is 0 Å². The maximum atomic E-state index is 11.4. The monoisotopic (exact) mass is 211 g/mol. The summed E-state index contributed by atoms with van der Waals surface area (Å²) in [5.74, 6) is 1.15. The quantitative estimate of drug-likeness (QED) is 0.769. The normalized spacial score (nSPS) is 11.5. The number of carbonyl (C=O) groups excluding carboxylic acids is 1. The van der Waals surface area contributed by atoms with Crippen LogP contribution in [0.2, 0.25) is 0 Å². The van der Waals surface area contributed by atoms with Crippen molar-refractivity contribution in [2.75, 3.05) is 0 Å². The van der Waals surface area contributed by atoms with E-state index in [1.807, 2.05) is 13.8 Å². The van der Waals surface area contributed by atoms with Crippen LogP contribution in [0.1, 0.15) is 31.9 Å². The molecular formula is C10H17N3O2. The van der Waals surface area contributed by atoms with Gasteiger partial charge in [-0.15, -0.1) is 0 Å². The van der Waals surface area contributed by atoms with Gasteiger partial charge in [0.15, 0.2) is 0 Å². The molecule has 0 saturated carbocycles. The molecule has 0 saturated heterocycles. The molecule has 0 bridgehead atoms. The SMILES string of the molecule is Cc1cnc(CNC(=O)CC(C)(C)N)o1. The van der Waals surface area contributed by atoms with E-state index in [9.17, 15) is 4.79 Å². The molecule has 1 heterocycles. The molecule has 0 aliphatic heterocycles. The lowest BCUT2D eigenvalue weighted by Crippen LogP contribution is -2.38. The molecule has 0 fully saturated rings. The van der Waals surface area contributed by atoms with Crippen molar-refractivity contribution in [1.29, 1.82) is 0 Å². The summed E-state index contributed by atoms with van der Waals surface area (Å²) in [6.07, 6.45) is 1.90. The smallest absolute Gasteiger partial charge is 0.222 e. The van der Waals surface area contributed by atoms with E-state index < -0.39 is 5.54 Å². The predicted octanol–water partition coefficient (Wildman–Crippen LogP) is 0.727. The first kappa shape index (κ1) is 11.7. The van der Waals surface area contributed by atoms with Gasteiger partial charge in [-0.2, -0.15) is 0 Å². The third-order valence-corrected chi connectivity index (χ3v) is 1.72. The average molecular weight is 211 g/mol. The third kappa shape index (κ3) is 4.60. The number of aromatic nitrogens is 1. The van der Waals surface area contributed by atoms with Gasteiger partial charge in [-0.25, -0.2) is 4.98 Å². The van der Waals surface area contributed by atoms with Crippen molar-refractivity contribution in [3.63, 3.8) is 0 Å². The van der Waals surface area contributed by atoms with Crippen LogP contribution in [0.4, 0.5) is 0 Å². The van der Waals surface area contributed by atoms with E-state index in [1.165, 1.54) is 0 Å². The van der Waals surface area contributed by atoms with E-state index >= 15 is 0 Å². The number of aryl methyl sites for hydroxylation is 1. The summed E-state index contributed by atoms with van der Waals surface area (Å²) in [5, 5.41) is 2.69. The van der Waals surface area contributed by atoms with Crippen LogP contribution in [-0.2, 0) is 11.3 Å². The largest absolute Gasteiger partial charge is 0.444 e. The van der Waals surface area contributed by atoms with Crippen molar-refractivity contribution in [2.24, 2.45) is 5.73 Å². The van der Waals surface area contributed by atoms with Crippen LogP contribution in [0.5, 0.6) is 0 Å². The third-order valence-electron chi connectivity index (χ3n) is 1.72. The molecule has 0 unspecified atom stereocenters. The molecule has 0 aromatic carbocycles. The maximum absolute atomic E-state index is 11.4. The summed E-state index contributed by atoms with van der Waals surface area (Å²) < 4.78 is 5.21. The number of rotatable bonds is 4. The summed E-state index contributed by atoms with van der Waals surface area (Å²) in [4.78, 5) is 15.3. The van der Waals surface area contributed by atoms with Crippen molar-refractivity contribution < 1.29 is 9.21 Å². The zero-order chi connectivity index (χ0) is 11.5. The number of nitrogens with zero attached hydrogens (tertiary/aromatic N) is 1. The van der Waals surface area contributed by atoms with Gasteiger partial charge in [0.05, 0.1) is 12.7 Å². The summed E-state index contributed by atoms with van der Waals surface area (Å²) in [6.45, 7) is 5.73. The highest BCUT2D eigenvalue weighted by Crippen LogP contribution is 2.04. The number of oxazole rings is 1. The average Bonchev–Trinajstić information content (AvgIpc) is 2.45. The van der Waals surface area contributed by atoms with Crippen molar-refractivity contribution in [1.82, 2.24) is 10.3 Å². The summed E-state index contributed by atoms with van der Waals surface area (Å²) >= 11 is 0. The van der Waals surface area contributed by atoms with Crippen molar-refractivity contribution in [3.8, 4) is 0 Å². The van der Waals surface area contributed by atoms with Gasteiger partial charge in [-0.3, -0.25) is 4.79 Å². The number of carbonyl (C=O) groups is 1. The van der Waals surface area contributed by atoms with Gasteiger partial charge in [0.2, 0.25) is 11.8 Å². The molecule has 0 aliphatic rings. The standard InChI is InChI=1S/C10H17N3O2/c1-7-5-13-9(15-7)6-12-8(14)4-10(2,3)11/h5H,4,6,11H2,1-3H3,(H,12,14). The zero-order valence-electron chi connectivity index (χ0n) is 9.33. The molecule has 15 heavy (non-hydrogen) atoms. The second-order valence-corrected chi connectivity index (χ2v) is 4.31. The molecule has 1 rings (SSSR count). The molecule has 5 nitrogen and oxygen atoms in total. The second-order valence-electron chi connectivity index (χ2n) is 4.31. The molecule has 0 spiro atoms. The molecule has 1 aromatic rings. The molecule has 1 aromatic heterocycles. The lowest BCUT2D eigenvalue weighted by Gasteiger charge is -2.16. The molecule has 3 N–H and O–H groups in total. The Labute approximate surface area is 89.1 Å².